The van der Waals surface area contributed by atoms with E-state index in [9.17, 15) is 19.2 Å². The lowest BCUT2D eigenvalue weighted by Gasteiger charge is -2.27. The summed E-state index contributed by atoms with van der Waals surface area (Å²) in [4.78, 5) is 54.5. The molecule has 0 spiro atoms. The van der Waals surface area contributed by atoms with E-state index in [2.05, 4.69) is 15.6 Å². The highest BCUT2D eigenvalue weighted by Crippen LogP contribution is 2.25. The molecule has 2 amide bonds. The molecule has 1 heterocycles. The number of aromatic nitrogens is 1. The van der Waals surface area contributed by atoms with Crippen molar-refractivity contribution in [3.63, 3.8) is 0 Å². The number of amides is 2. The van der Waals surface area contributed by atoms with Gasteiger partial charge in [0.15, 0.2) is 0 Å². The molecule has 9 heteroatoms. The molecule has 1 aromatic carbocycles. The summed E-state index contributed by atoms with van der Waals surface area (Å²) in [7, 11) is 1.35. The van der Waals surface area contributed by atoms with Gasteiger partial charge in [-0.2, -0.15) is 0 Å². The predicted octanol–water partition coefficient (Wildman–Crippen LogP) is 4.95. The molecule has 0 aliphatic carbocycles. The van der Waals surface area contributed by atoms with Crippen LogP contribution in [-0.2, 0) is 30.3 Å². The molecule has 0 saturated carbocycles. The Morgan fingerprint density at radius 3 is 2.24 bits per heavy atom. The topological polar surface area (TPSA) is 124 Å². The van der Waals surface area contributed by atoms with Gasteiger partial charge in [-0.05, 0) is 42.9 Å². The quantitative estimate of drug-likeness (QED) is 0.275. The lowest BCUT2D eigenvalue weighted by atomic mass is 9.95. The zero-order valence-corrected chi connectivity index (χ0v) is 25.1. The Labute approximate surface area is 243 Å². The summed E-state index contributed by atoms with van der Waals surface area (Å²) >= 11 is 0. The normalized spacial score (nSPS) is 13.9. The van der Waals surface area contributed by atoms with Crippen LogP contribution >= 0.6 is 0 Å². The third kappa shape index (κ3) is 11.7. The monoisotopic (exact) mass is 567 g/mol. The number of rotatable bonds is 16. The molecule has 2 N–H and O–H groups in total. The molecule has 0 bridgehead atoms. The second kappa shape index (κ2) is 17.1. The van der Waals surface area contributed by atoms with Crippen molar-refractivity contribution in [2.24, 2.45) is 11.8 Å². The van der Waals surface area contributed by atoms with Crippen LogP contribution < -0.4 is 10.6 Å². The van der Waals surface area contributed by atoms with Crippen molar-refractivity contribution in [2.75, 3.05) is 7.11 Å². The van der Waals surface area contributed by atoms with Crippen molar-refractivity contribution < 1.29 is 28.7 Å². The maximum absolute atomic E-state index is 13.4. The number of benzene rings is 1. The van der Waals surface area contributed by atoms with Gasteiger partial charge in [0.2, 0.25) is 5.91 Å². The Morgan fingerprint density at radius 2 is 1.63 bits per heavy atom. The first kappa shape index (κ1) is 33.5. The van der Waals surface area contributed by atoms with Gasteiger partial charge in [-0.15, -0.1) is 0 Å². The van der Waals surface area contributed by atoms with E-state index in [1.165, 1.54) is 14.0 Å². The van der Waals surface area contributed by atoms with Crippen LogP contribution in [0.3, 0.4) is 0 Å². The van der Waals surface area contributed by atoms with Crippen LogP contribution in [0.25, 0.3) is 0 Å². The van der Waals surface area contributed by atoms with E-state index in [0.29, 0.717) is 31.4 Å². The maximum Gasteiger partial charge on any atom is 0.308 e. The van der Waals surface area contributed by atoms with Gasteiger partial charge in [-0.25, -0.2) is 4.98 Å². The first-order valence-electron chi connectivity index (χ1n) is 14.4. The SMILES string of the molecule is CCCCC(=O)NC(CC(OC(C)=O)c1cccc(C(=O)NC(Cc2ccccc2)CC(C)C(=O)OC)n1)C(C)C. The van der Waals surface area contributed by atoms with Crippen molar-refractivity contribution in [1.82, 2.24) is 15.6 Å². The van der Waals surface area contributed by atoms with E-state index in [1.807, 2.05) is 51.1 Å². The number of carbonyl (C=O) groups is 4. The summed E-state index contributed by atoms with van der Waals surface area (Å²) in [6.45, 7) is 9.11. The van der Waals surface area contributed by atoms with E-state index in [-0.39, 0.29) is 35.6 Å². The van der Waals surface area contributed by atoms with Crippen LogP contribution in [0.4, 0.5) is 0 Å². The number of nitrogens with zero attached hydrogens (tertiary/aromatic N) is 1. The zero-order chi connectivity index (χ0) is 30.4. The van der Waals surface area contributed by atoms with Gasteiger partial charge in [-0.1, -0.05) is 70.5 Å². The highest BCUT2D eigenvalue weighted by atomic mass is 16.5. The molecular formula is C32H45N3O6. The van der Waals surface area contributed by atoms with Gasteiger partial charge < -0.3 is 20.1 Å². The molecule has 0 aliphatic rings. The number of methoxy groups -OCH3 is 1. The number of esters is 2. The third-order valence-electron chi connectivity index (χ3n) is 6.92. The number of unbranched alkanes of at least 4 members (excludes halogenated alkanes) is 1. The Hall–Kier alpha value is -3.75. The van der Waals surface area contributed by atoms with Crippen molar-refractivity contribution in [1.29, 1.82) is 0 Å². The van der Waals surface area contributed by atoms with Crippen molar-refractivity contribution in [3.8, 4) is 0 Å². The largest absolute Gasteiger partial charge is 0.469 e. The number of hydrogen-bond acceptors (Lipinski definition) is 7. The molecular weight excluding hydrogens is 522 g/mol. The fourth-order valence-electron chi connectivity index (χ4n) is 4.61. The summed E-state index contributed by atoms with van der Waals surface area (Å²) < 4.78 is 10.5. The molecule has 2 rings (SSSR count). The maximum atomic E-state index is 13.4. The highest BCUT2D eigenvalue weighted by Gasteiger charge is 2.27. The second-order valence-corrected chi connectivity index (χ2v) is 10.8. The molecule has 0 fully saturated rings. The minimum atomic E-state index is -0.751. The molecule has 0 radical (unpaired) electrons. The van der Waals surface area contributed by atoms with Gasteiger partial charge in [0.25, 0.3) is 5.91 Å². The summed E-state index contributed by atoms with van der Waals surface area (Å²) in [5.74, 6) is -1.60. The Kier molecular flexibility index (Phi) is 14.0. The van der Waals surface area contributed by atoms with E-state index in [0.717, 1.165) is 18.4 Å². The number of pyridine rings is 1. The second-order valence-electron chi connectivity index (χ2n) is 10.8. The average Bonchev–Trinajstić information content (AvgIpc) is 2.94. The number of carbonyl (C=O) groups excluding carboxylic acids is 4. The average molecular weight is 568 g/mol. The van der Waals surface area contributed by atoms with Crippen LogP contribution in [0.1, 0.15) is 94.6 Å². The van der Waals surface area contributed by atoms with Gasteiger partial charge in [0.05, 0.1) is 18.7 Å². The van der Waals surface area contributed by atoms with E-state index < -0.39 is 23.9 Å². The van der Waals surface area contributed by atoms with Crippen molar-refractivity contribution in [3.05, 3.63) is 65.5 Å². The lowest BCUT2D eigenvalue weighted by Crippen LogP contribution is -2.40. The fraction of sp³-hybridized carbons (Fsp3) is 0.531. The standard InChI is InChI=1S/C32H45N3O6/c1-7-8-17-30(37)35-28(21(2)3)20-29(41-23(5)36)26-15-12-16-27(34-26)31(38)33-25(18-22(4)32(39)40-6)19-24-13-10-9-11-14-24/h9-16,21-22,25,28-29H,7-8,17-20H2,1-6H3,(H,33,38)(H,35,37). The Bertz CT molecular complexity index is 1140. The van der Waals surface area contributed by atoms with Gasteiger partial charge >= 0.3 is 11.9 Å². The number of hydrogen-bond donors (Lipinski definition) is 2. The molecule has 9 nitrogen and oxygen atoms in total. The summed E-state index contributed by atoms with van der Waals surface area (Å²) in [5, 5.41) is 6.10. The van der Waals surface area contributed by atoms with E-state index in [1.54, 1.807) is 25.1 Å². The van der Waals surface area contributed by atoms with Crippen LogP contribution in [0, 0.1) is 11.8 Å². The smallest absolute Gasteiger partial charge is 0.308 e. The van der Waals surface area contributed by atoms with E-state index in [4.69, 9.17) is 9.47 Å². The van der Waals surface area contributed by atoms with Gasteiger partial charge in [-0.3, -0.25) is 19.2 Å². The Morgan fingerprint density at radius 1 is 0.927 bits per heavy atom. The summed E-state index contributed by atoms with van der Waals surface area (Å²) in [6.07, 6.45) is 2.63. The molecule has 0 saturated heterocycles. The summed E-state index contributed by atoms with van der Waals surface area (Å²) in [6, 6.07) is 14.1. The summed E-state index contributed by atoms with van der Waals surface area (Å²) in [5.41, 5.74) is 1.60. The predicted molar refractivity (Wildman–Crippen MR) is 157 cm³/mol. The highest BCUT2D eigenvalue weighted by molar-refractivity contribution is 5.92. The van der Waals surface area contributed by atoms with Gasteiger partial charge in [0, 0.05) is 31.8 Å². The molecule has 224 valence electrons. The molecule has 4 atom stereocenters. The number of ether oxygens (including phenoxy) is 2. The van der Waals surface area contributed by atoms with E-state index >= 15 is 0 Å². The molecule has 2 aromatic rings. The molecule has 0 aliphatic heterocycles. The molecule has 4 unspecified atom stereocenters. The first-order valence-corrected chi connectivity index (χ1v) is 14.4. The molecule has 41 heavy (non-hydrogen) atoms. The van der Waals surface area contributed by atoms with Crippen molar-refractivity contribution >= 4 is 23.8 Å². The zero-order valence-electron chi connectivity index (χ0n) is 25.1. The van der Waals surface area contributed by atoms with Crippen LogP contribution in [0.2, 0.25) is 0 Å². The fourth-order valence-corrected chi connectivity index (χ4v) is 4.61. The first-order chi connectivity index (χ1) is 19.5. The molecule has 1 aromatic heterocycles. The minimum Gasteiger partial charge on any atom is -0.469 e. The number of nitrogens with one attached hydrogen (secondary N) is 2. The van der Waals surface area contributed by atoms with Gasteiger partial charge in [0.1, 0.15) is 11.8 Å². The minimum absolute atomic E-state index is 0.0427. The van der Waals surface area contributed by atoms with Crippen molar-refractivity contribution in [2.45, 2.75) is 91.3 Å². The Balaban J connectivity index is 2.26. The third-order valence-corrected chi connectivity index (χ3v) is 6.92. The lowest BCUT2D eigenvalue weighted by molar-refractivity contribution is -0.148. The van der Waals surface area contributed by atoms with Crippen LogP contribution in [0.5, 0.6) is 0 Å². The van der Waals surface area contributed by atoms with Crippen LogP contribution in [0.15, 0.2) is 48.5 Å². The van der Waals surface area contributed by atoms with Crippen LogP contribution in [-0.4, -0.2) is 47.9 Å².